The Hall–Kier alpha value is -0.880. The molecule has 1 aromatic rings. The number of hydrogen-bond donors (Lipinski definition) is 0. The molecule has 1 spiro atoms. The molecule has 3 aliphatic heterocycles. The highest BCUT2D eigenvalue weighted by molar-refractivity contribution is 5.06. The van der Waals surface area contributed by atoms with Crippen LogP contribution in [-0.4, -0.2) is 67.9 Å². The Morgan fingerprint density at radius 1 is 1.17 bits per heavy atom. The molecule has 4 heterocycles. The van der Waals surface area contributed by atoms with Crippen LogP contribution in [0.2, 0.25) is 0 Å². The van der Waals surface area contributed by atoms with Crippen molar-refractivity contribution in [3.05, 3.63) is 23.7 Å². The van der Waals surface area contributed by atoms with E-state index in [2.05, 4.69) is 15.9 Å². The maximum Gasteiger partial charge on any atom is 0.118 e. The van der Waals surface area contributed by atoms with Gasteiger partial charge >= 0.3 is 0 Å². The molecule has 0 saturated carbocycles. The molecule has 1 aromatic heterocycles. The van der Waals surface area contributed by atoms with E-state index >= 15 is 0 Å². The van der Waals surface area contributed by atoms with E-state index in [0.29, 0.717) is 5.92 Å². The van der Waals surface area contributed by atoms with Gasteiger partial charge in [0.2, 0.25) is 0 Å². The van der Waals surface area contributed by atoms with Crippen molar-refractivity contribution < 1.29 is 13.9 Å². The first-order chi connectivity index (χ1) is 11.7. The molecule has 0 aliphatic carbocycles. The van der Waals surface area contributed by atoms with Gasteiger partial charge < -0.3 is 18.8 Å². The lowest BCUT2D eigenvalue weighted by Crippen LogP contribution is -2.44. The average Bonchev–Trinajstić information content (AvgIpc) is 3.25. The fourth-order valence-corrected chi connectivity index (χ4v) is 4.51. The zero-order valence-electron chi connectivity index (χ0n) is 14.8. The Morgan fingerprint density at radius 2 is 2.04 bits per heavy atom. The normalized spacial score (nSPS) is 32.6. The van der Waals surface area contributed by atoms with Gasteiger partial charge in [0.15, 0.2) is 0 Å². The van der Waals surface area contributed by atoms with E-state index in [1.807, 2.05) is 13.0 Å². The molecule has 0 N–H and O–H groups in total. The van der Waals surface area contributed by atoms with Gasteiger partial charge in [0.25, 0.3) is 0 Å². The maximum absolute atomic E-state index is 6.33. The van der Waals surface area contributed by atoms with E-state index in [-0.39, 0.29) is 5.60 Å². The van der Waals surface area contributed by atoms with Crippen LogP contribution in [0, 0.1) is 12.8 Å². The maximum atomic E-state index is 6.33. The first kappa shape index (κ1) is 16.6. The van der Waals surface area contributed by atoms with E-state index in [9.17, 15) is 0 Å². The minimum Gasteiger partial charge on any atom is -0.465 e. The summed E-state index contributed by atoms with van der Waals surface area (Å²) in [6.07, 6.45) is 3.84. The van der Waals surface area contributed by atoms with E-state index in [0.717, 1.165) is 57.4 Å². The highest BCUT2D eigenvalue weighted by atomic mass is 16.5. The lowest BCUT2D eigenvalue weighted by Gasteiger charge is -2.31. The van der Waals surface area contributed by atoms with Crippen molar-refractivity contribution in [2.24, 2.45) is 5.92 Å². The first-order valence-corrected chi connectivity index (χ1v) is 9.43. The number of rotatable bonds is 4. The van der Waals surface area contributed by atoms with Crippen molar-refractivity contribution in [1.29, 1.82) is 0 Å². The highest BCUT2D eigenvalue weighted by Crippen LogP contribution is 2.34. The van der Waals surface area contributed by atoms with Gasteiger partial charge in [-0.05, 0) is 57.3 Å². The fraction of sp³-hybridized carbons (Fsp3) is 0.789. The molecular formula is C19H30N2O3. The van der Waals surface area contributed by atoms with Crippen LogP contribution in [0.4, 0.5) is 0 Å². The van der Waals surface area contributed by atoms with Crippen LogP contribution in [0.5, 0.6) is 0 Å². The van der Waals surface area contributed by atoms with Gasteiger partial charge in [-0.1, -0.05) is 0 Å². The summed E-state index contributed by atoms with van der Waals surface area (Å²) in [7, 11) is 0. The third kappa shape index (κ3) is 3.85. The minimum absolute atomic E-state index is 0.122. The topological polar surface area (TPSA) is 38.1 Å². The number of furan rings is 1. The molecule has 0 bridgehead atoms. The van der Waals surface area contributed by atoms with Crippen molar-refractivity contribution in [3.8, 4) is 0 Å². The van der Waals surface area contributed by atoms with Gasteiger partial charge in [-0.25, -0.2) is 0 Å². The first-order valence-electron chi connectivity index (χ1n) is 9.43. The Kier molecular flexibility index (Phi) is 4.95. The van der Waals surface area contributed by atoms with Gasteiger partial charge in [-0.2, -0.15) is 0 Å². The minimum atomic E-state index is -0.122. The molecule has 0 aromatic carbocycles. The van der Waals surface area contributed by atoms with Crippen LogP contribution in [0.25, 0.3) is 0 Å². The van der Waals surface area contributed by atoms with E-state index in [4.69, 9.17) is 13.9 Å². The van der Waals surface area contributed by atoms with Crippen LogP contribution in [0.1, 0.15) is 30.8 Å². The highest BCUT2D eigenvalue weighted by Gasteiger charge is 2.43. The van der Waals surface area contributed by atoms with E-state index in [1.54, 1.807) is 0 Å². The predicted molar refractivity (Wildman–Crippen MR) is 92.0 cm³/mol. The molecule has 3 fully saturated rings. The summed E-state index contributed by atoms with van der Waals surface area (Å²) < 4.78 is 18.0. The molecule has 5 nitrogen and oxygen atoms in total. The van der Waals surface area contributed by atoms with Crippen molar-refractivity contribution in [1.82, 2.24) is 9.80 Å². The SMILES string of the molecule is Cc1ccc(CN2CCOC[C@]3(C[C@@H](CN4CCCC4)CO3)C2)o1. The van der Waals surface area contributed by atoms with Crippen molar-refractivity contribution in [2.45, 2.75) is 38.3 Å². The summed E-state index contributed by atoms with van der Waals surface area (Å²) in [5.74, 6) is 2.67. The second-order valence-corrected chi connectivity index (χ2v) is 7.85. The summed E-state index contributed by atoms with van der Waals surface area (Å²) in [5.41, 5.74) is -0.122. The number of nitrogens with zero attached hydrogens (tertiary/aromatic N) is 2. The molecule has 0 radical (unpaired) electrons. The zero-order valence-corrected chi connectivity index (χ0v) is 14.8. The molecule has 0 amide bonds. The Labute approximate surface area is 144 Å². The largest absolute Gasteiger partial charge is 0.465 e. The molecule has 4 rings (SSSR count). The molecule has 3 saturated heterocycles. The van der Waals surface area contributed by atoms with Crippen LogP contribution >= 0.6 is 0 Å². The van der Waals surface area contributed by atoms with Crippen LogP contribution in [-0.2, 0) is 16.0 Å². The smallest absolute Gasteiger partial charge is 0.118 e. The Bertz CT molecular complexity index is 540. The second kappa shape index (κ2) is 7.16. The number of likely N-dealkylation sites (tertiary alicyclic amines) is 1. The van der Waals surface area contributed by atoms with Crippen LogP contribution in [0.3, 0.4) is 0 Å². The van der Waals surface area contributed by atoms with Gasteiger partial charge in [-0.3, -0.25) is 4.90 Å². The lowest BCUT2D eigenvalue weighted by molar-refractivity contribution is -0.0566. The molecule has 24 heavy (non-hydrogen) atoms. The Balaban J connectivity index is 1.36. The van der Waals surface area contributed by atoms with Crippen molar-refractivity contribution in [3.63, 3.8) is 0 Å². The lowest BCUT2D eigenvalue weighted by atomic mass is 9.94. The molecule has 3 aliphatic rings. The quantitative estimate of drug-likeness (QED) is 0.845. The Morgan fingerprint density at radius 3 is 2.83 bits per heavy atom. The van der Waals surface area contributed by atoms with Gasteiger partial charge in [0.05, 0.1) is 26.4 Å². The van der Waals surface area contributed by atoms with Crippen molar-refractivity contribution in [2.75, 3.05) is 52.5 Å². The van der Waals surface area contributed by atoms with Gasteiger partial charge in [0, 0.05) is 19.6 Å². The third-order valence-corrected chi connectivity index (χ3v) is 5.61. The average molecular weight is 334 g/mol. The van der Waals surface area contributed by atoms with Gasteiger partial charge in [0.1, 0.15) is 17.1 Å². The molecular weight excluding hydrogens is 304 g/mol. The van der Waals surface area contributed by atoms with E-state index < -0.39 is 0 Å². The second-order valence-electron chi connectivity index (χ2n) is 7.85. The number of aryl methyl sites for hydroxylation is 1. The third-order valence-electron chi connectivity index (χ3n) is 5.61. The monoisotopic (exact) mass is 334 g/mol. The summed E-state index contributed by atoms with van der Waals surface area (Å²) in [6.45, 7) is 10.9. The zero-order chi connectivity index (χ0) is 16.4. The molecule has 2 atom stereocenters. The molecule has 134 valence electrons. The van der Waals surface area contributed by atoms with E-state index in [1.165, 1.54) is 32.5 Å². The summed E-state index contributed by atoms with van der Waals surface area (Å²) in [6, 6.07) is 4.12. The van der Waals surface area contributed by atoms with Crippen molar-refractivity contribution >= 4 is 0 Å². The molecule has 5 heteroatoms. The standard InChI is InChI=1S/C19H30N2O3/c1-16-4-5-18(24-16)12-21-8-9-22-15-19(14-21)10-17(13-23-19)11-20-6-2-3-7-20/h4-5,17H,2-3,6-15H2,1H3/t17-,19-/m0/s1. The number of ether oxygens (including phenoxy) is 2. The predicted octanol–water partition coefficient (Wildman–Crippen LogP) is 2.29. The fourth-order valence-electron chi connectivity index (χ4n) is 4.51. The summed E-state index contributed by atoms with van der Waals surface area (Å²) in [4.78, 5) is 5.04. The van der Waals surface area contributed by atoms with Gasteiger partial charge in [-0.15, -0.1) is 0 Å². The summed E-state index contributed by atoms with van der Waals surface area (Å²) >= 11 is 0. The molecule has 0 unspecified atom stereocenters. The van der Waals surface area contributed by atoms with Crippen LogP contribution < -0.4 is 0 Å². The number of hydrogen-bond acceptors (Lipinski definition) is 5. The summed E-state index contributed by atoms with van der Waals surface area (Å²) in [5, 5.41) is 0. The van der Waals surface area contributed by atoms with Crippen LogP contribution in [0.15, 0.2) is 16.5 Å².